The second kappa shape index (κ2) is 2.28. The second-order valence-electron chi connectivity index (χ2n) is 4.15. The summed E-state index contributed by atoms with van der Waals surface area (Å²) in [5, 5.41) is 9.48. The van der Waals surface area contributed by atoms with Crippen molar-refractivity contribution >= 4 is 0 Å². The summed E-state index contributed by atoms with van der Waals surface area (Å²) in [6.45, 7) is 4.12. The Morgan fingerprint density at radius 2 is 2.33 bits per heavy atom. The topological polar surface area (TPSA) is 29.5 Å². The van der Waals surface area contributed by atoms with Crippen LogP contribution >= 0.6 is 0 Å². The molecule has 66 valence electrons. The molecule has 0 saturated carbocycles. The van der Waals surface area contributed by atoms with E-state index in [1.165, 1.54) is 0 Å². The maximum absolute atomic E-state index is 9.48. The fourth-order valence-corrected chi connectivity index (χ4v) is 1.99. The summed E-state index contributed by atoms with van der Waals surface area (Å²) in [6, 6.07) is 0. The van der Waals surface area contributed by atoms with Crippen LogP contribution in [-0.4, -0.2) is 10.7 Å². The van der Waals surface area contributed by atoms with Gasteiger partial charge >= 0.3 is 0 Å². The molecular weight excluding hydrogens is 152 g/mol. The molecule has 1 N–H and O–H groups in total. The molecule has 1 unspecified atom stereocenters. The van der Waals surface area contributed by atoms with Crippen molar-refractivity contribution in [2.75, 3.05) is 0 Å². The first-order valence-electron chi connectivity index (χ1n) is 4.37. The van der Waals surface area contributed by atoms with Crippen molar-refractivity contribution in [3.8, 4) is 0 Å². The van der Waals surface area contributed by atoms with Gasteiger partial charge in [0.2, 0.25) is 0 Å². The van der Waals surface area contributed by atoms with E-state index < -0.39 is 0 Å². The molecule has 0 amide bonds. The summed E-state index contributed by atoms with van der Waals surface area (Å²) in [7, 11) is 0. The maximum Gasteiger partial charge on any atom is 0.153 e. The average Bonchev–Trinajstić information content (AvgIpc) is 2.25. The monoisotopic (exact) mass is 166 g/mol. The molecule has 0 bridgehead atoms. The van der Waals surface area contributed by atoms with Crippen molar-refractivity contribution < 1.29 is 9.84 Å². The van der Waals surface area contributed by atoms with Crippen LogP contribution < -0.4 is 0 Å². The third kappa shape index (κ3) is 1.11. The van der Waals surface area contributed by atoms with Crippen LogP contribution in [0.4, 0.5) is 0 Å². The predicted molar refractivity (Wildman–Crippen MR) is 46.7 cm³/mol. The van der Waals surface area contributed by atoms with Crippen molar-refractivity contribution in [3.05, 3.63) is 23.7 Å². The molecule has 2 aliphatic rings. The lowest BCUT2D eigenvalue weighted by molar-refractivity contribution is 0.0700. The highest BCUT2D eigenvalue weighted by Crippen LogP contribution is 2.42. The largest absolute Gasteiger partial charge is 0.504 e. The molecule has 0 aromatic heterocycles. The summed E-state index contributed by atoms with van der Waals surface area (Å²) in [6.07, 6.45) is 5.75. The van der Waals surface area contributed by atoms with Crippen molar-refractivity contribution in [3.63, 3.8) is 0 Å². The van der Waals surface area contributed by atoms with Gasteiger partial charge in [-0.1, -0.05) is 6.08 Å². The van der Waals surface area contributed by atoms with E-state index in [1.54, 1.807) is 6.08 Å². The molecule has 1 aliphatic heterocycles. The molecule has 1 heterocycles. The number of ether oxygens (including phenoxy) is 1. The van der Waals surface area contributed by atoms with E-state index in [4.69, 9.17) is 4.74 Å². The number of aliphatic hydroxyl groups is 1. The van der Waals surface area contributed by atoms with Gasteiger partial charge in [0.15, 0.2) is 5.76 Å². The molecule has 1 saturated heterocycles. The minimum absolute atomic E-state index is 0.0972. The number of fused-ring (bicyclic) bond motifs is 1. The molecule has 1 fully saturated rings. The Hall–Kier alpha value is -0.920. The Labute approximate surface area is 72.5 Å². The Morgan fingerprint density at radius 1 is 1.58 bits per heavy atom. The molecule has 0 radical (unpaired) electrons. The standard InChI is InChI=1S/C10H14O2/c1-10(2)6-7-4-3-5-8(11)9(7)12-10/h3,5,7,11H,4,6H2,1-2H3. The molecule has 12 heavy (non-hydrogen) atoms. The number of hydrogen-bond donors (Lipinski definition) is 1. The van der Waals surface area contributed by atoms with E-state index in [9.17, 15) is 5.11 Å². The lowest BCUT2D eigenvalue weighted by atomic mass is 9.91. The highest BCUT2D eigenvalue weighted by Gasteiger charge is 2.38. The third-order valence-electron chi connectivity index (χ3n) is 2.44. The number of aliphatic hydroxyl groups excluding tert-OH is 1. The van der Waals surface area contributed by atoms with Crippen LogP contribution in [0.15, 0.2) is 23.7 Å². The van der Waals surface area contributed by atoms with Crippen LogP contribution in [0, 0.1) is 5.92 Å². The van der Waals surface area contributed by atoms with Gasteiger partial charge in [0, 0.05) is 5.92 Å². The summed E-state index contributed by atoms with van der Waals surface area (Å²) in [5.74, 6) is 1.52. The number of hydrogen-bond acceptors (Lipinski definition) is 2. The lowest BCUT2D eigenvalue weighted by Crippen LogP contribution is -2.16. The SMILES string of the molecule is CC1(C)CC2CC=CC(O)=C2O1. The Bertz CT molecular complexity index is 261. The zero-order valence-electron chi connectivity index (χ0n) is 7.50. The Morgan fingerprint density at radius 3 is 3.00 bits per heavy atom. The Balaban J connectivity index is 2.31. The highest BCUT2D eigenvalue weighted by molar-refractivity contribution is 5.25. The van der Waals surface area contributed by atoms with Crippen molar-refractivity contribution in [2.24, 2.45) is 5.92 Å². The molecule has 0 aromatic rings. The fourth-order valence-electron chi connectivity index (χ4n) is 1.99. The van der Waals surface area contributed by atoms with Crippen LogP contribution in [-0.2, 0) is 4.74 Å². The number of allylic oxidation sites excluding steroid dienone is 3. The normalized spacial score (nSPS) is 31.7. The van der Waals surface area contributed by atoms with Crippen LogP contribution in [0.1, 0.15) is 26.7 Å². The first-order valence-corrected chi connectivity index (χ1v) is 4.37. The summed E-state index contributed by atoms with van der Waals surface area (Å²) >= 11 is 0. The molecule has 1 atom stereocenters. The van der Waals surface area contributed by atoms with Gasteiger partial charge in [-0.05, 0) is 32.8 Å². The zero-order valence-corrected chi connectivity index (χ0v) is 7.50. The van der Waals surface area contributed by atoms with E-state index in [0.29, 0.717) is 11.7 Å². The fraction of sp³-hybridized carbons (Fsp3) is 0.600. The smallest absolute Gasteiger partial charge is 0.153 e. The van der Waals surface area contributed by atoms with E-state index in [2.05, 4.69) is 13.8 Å². The first-order chi connectivity index (χ1) is 5.58. The Kier molecular flexibility index (Phi) is 1.47. The molecular formula is C10H14O2. The summed E-state index contributed by atoms with van der Waals surface area (Å²) < 4.78 is 5.64. The summed E-state index contributed by atoms with van der Waals surface area (Å²) in [4.78, 5) is 0. The summed E-state index contributed by atoms with van der Waals surface area (Å²) in [5.41, 5.74) is -0.0972. The van der Waals surface area contributed by atoms with Crippen molar-refractivity contribution in [2.45, 2.75) is 32.3 Å². The van der Waals surface area contributed by atoms with Crippen molar-refractivity contribution in [1.82, 2.24) is 0 Å². The van der Waals surface area contributed by atoms with Gasteiger partial charge in [-0.2, -0.15) is 0 Å². The number of rotatable bonds is 0. The third-order valence-corrected chi connectivity index (χ3v) is 2.44. The molecule has 2 heteroatoms. The predicted octanol–water partition coefficient (Wildman–Crippen LogP) is 2.53. The van der Waals surface area contributed by atoms with E-state index in [1.807, 2.05) is 6.08 Å². The minimum Gasteiger partial charge on any atom is -0.504 e. The molecule has 0 aromatic carbocycles. The minimum atomic E-state index is -0.0972. The molecule has 1 aliphatic carbocycles. The van der Waals surface area contributed by atoms with Gasteiger partial charge in [-0.15, -0.1) is 0 Å². The van der Waals surface area contributed by atoms with E-state index in [-0.39, 0.29) is 5.60 Å². The maximum atomic E-state index is 9.48. The zero-order chi connectivity index (χ0) is 8.77. The van der Waals surface area contributed by atoms with E-state index in [0.717, 1.165) is 18.6 Å². The van der Waals surface area contributed by atoms with Gasteiger partial charge in [0.05, 0.1) is 0 Å². The molecule has 2 rings (SSSR count). The highest BCUT2D eigenvalue weighted by atomic mass is 16.5. The average molecular weight is 166 g/mol. The van der Waals surface area contributed by atoms with E-state index >= 15 is 0 Å². The van der Waals surface area contributed by atoms with Gasteiger partial charge < -0.3 is 9.84 Å². The van der Waals surface area contributed by atoms with Crippen LogP contribution in [0.25, 0.3) is 0 Å². The second-order valence-corrected chi connectivity index (χ2v) is 4.15. The van der Waals surface area contributed by atoms with Crippen molar-refractivity contribution in [1.29, 1.82) is 0 Å². The quantitative estimate of drug-likeness (QED) is 0.599. The molecule has 2 nitrogen and oxygen atoms in total. The lowest BCUT2D eigenvalue weighted by Gasteiger charge is -2.17. The first kappa shape index (κ1) is 7.71. The van der Waals surface area contributed by atoms with Gasteiger partial charge in [-0.3, -0.25) is 0 Å². The van der Waals surface area contributed by atoms with Gasteiger partial charge in [0.25, 0.3) is 0 Å². The van der Waals surface area contributed by atoms with Gasteiger partial charge in [0.1, 0.15) is 11.4 Å². The molecule has 0 spiro atoms. The van der Waals surface area contributed by atoms with Crippen LogP contribution in [0.2, 0.25) is 0 Å². The van der Waals surface area contributed by atoms with Crippen LogP contribution in [0.5, 0.6) is 0 Å². The van der Waals surface area contributed by atoms with Gasteiger partial charge in [-0.25, -0.2) is 0 Å². The van der Waals surface area contributed by atoms with Crippen LogP contribution in [0.3, 0.4) is 0 Å².